The lowest BCUT2D eigenvalue weighted by Gasteiger charge is -2.29. The Morgan fingerprint density at radius 3 is 2.95 bits per heavy atom. The van der Waals surface area contributed by atoms with E-state index in [1.807, 2.05) is 18.3 Å². The molecule has 1 saturated carbocycles. The van der Waals surface area contributed by atoms with Gasteiger partial charge in [0, 0.05) is 18.1 Å². The second kappa shape index (κ2) is 5.70. The molecule has 2 unspecified atom stereocenters. The number of rotatable bonds is 3. The van der Waals surface area contributed by atoms with E-state index in [0.29, 0.717) is 5.75 Å². The third-order valence-electron chi connectivity index (χ3n) is 4.57. The first-order valence-corrected chi connectivity index (χ1v) is 7.55. The second-order valence-corrected chi connectivity index (χ2v) is 5.97. The first-order valence-electron chi connectivity index (χ1n) is 7.55. The maximum absolute atomic E-state index is 9.66. The zero-order valence-electron chi connectivity index (χ0n) is 12.0. The van der Waals surface area contributed by atoms with Gasteiger partial charge < -0.3 is 10.4 Å². The van der Waals surface area contributed by atoms with E-state index in [2.05, 4.69) is 17.2 Å². The number of benzene rings is 1. The first-order chi connectivity index (χ1) is 9.74. The van der Waals surface area contributed by atoms with E-state index in [1.165, 1.54) is 25.7 Å². The Hall–Kier alpha value is -1.77. The van der Waals surface area contributed by atoms with Gasteiger partial charge in [0.25, 0.3) is 0 Å². The molecule has 1 aliphatic rings. The van der Waals surface area contributed by atoms with Crippen LogP contribution in [0.2, 0.25) is 0 Å². The smallest absolute Gasteiger partial charge is 0.133 e. The fourth-order valence-corrected chi connectivity index (χ4v) is 3.22. The van der Waals surface area contributed by atoms with Crippen LogP contribution < -0.4 is 5.32 Å². The number of phenols is 1. The molecule has 20 heavy (non-hydrogen) atoms. The van der Waals surface area contributed by atoms with Crippen molar-refractivity contribution in [3.8, 4) is 5.75 Å². The largest absolute Gasteiger partial charge is 0.508 e. The van der Waals surface area contributed by atoms with E-state index in [4.69, 9.17) is 0 Å². The van der Waals surface area contributed by atoms with Gasteiger partial charge in [0.2, 0.25) is 0 Å². The summed E-state index contributed by atoms with van der Waals surface area (Å²) in [5, 5.41) is 15.3. The summed E-state index contributed by atoms with van der Waals surface area (Å²) in [4.78, 5) is 4.44. The van der Waals surface area contributed by atoms with E-state index in [0.717, 1.165) is 35.0 Å². The van der Waals surface area contributed by atoms with Crippen molar-refractivity contribution in [1.29, 1.82) is 0 Å². The minimum absolute atomic E-state index is 0.291. The van der Waals surface area contributed by atoms with Gasteiger partial charge in [-0.3, -0.25) is 0 Å². The number of aromatic nitrogens is 1. The third kappa shape index (κ3) is 2.72. The topological polar surface area (TPSA) is 45.2 Å². The molecule has 0 aliphatic heterocycles. The van der Waals surface area contributed by atoms with Crippen LogP contribution in [-0.4, -0.2) is 16.6 Å². The molecule has 0 bridgehead atoms. The lowest BCUT2D eigenvalue weighted by atomic mass is 9.80. The van der Waals surface area contributed by atoms with Crippen molar-refractivity contribution in [2.45, 2.75) is 32.6 Å². The van der Waals surface area contributed by atoms with E-state index in [-0.39, 0.29) is 0 Å². The molecule has 2 atom stereocenters. The molecule has 1 aliphatic carbocycles. The average molecular weight is 270 g/mol. The summed E-state index contributed by atoms with van der Waals surface area (Å²) < 4.78 is 0. The number of anilines is 1. The summed E-state index contributed by atoms with van der Waals surface area (Å²) in [5.74, 6) is 2.70. The van der Waals surface area contributed by atoms with Crippen LogP contribution in [0.15, 0.2) is 30.5 Å². The molecule has 3 nitrogen and oxygen atoms in total. The fourth-order valence-electron chi connectivity index (χ4n) is 3.22. The summed E-state index contributed by atoms with van der Waals surface area (Å²) in [6.45, 7) is 3.33. The van der Waals surface area contributed by atoms with Crippen molar-refractivity contribution in [1.82, 2.24) is 4.98 Å². The molecule has 106 valence electrons. The van der Waals surface area contributed by atoms with Gasteiger partial charge in [-0.2, -0.15) is 0 Å². The van der Waals surface area contributed by atoms with Crippen LogP contribution in [0.5, 0.6) is 5.75 Å². The zero-order valence-corrected chi connectivity index (χ0v) is 12.0. The Morgan fingerprint density at radius 2 is 2.10 bits per heavy atom. The van der Waals surface area contributed by atoms with Gasteiger partial charge in [-0.15, -0.1) is 0 Å². The monoisotopic (exact) mass is 270 g/mol. The number of nitrogens with zero attached hydrogens (tertiary/aromatic N) is 1. The van der Waals surface area contributed by atoms with Crippen LogP contribution in [0.1, 0.15) is 32.6 Å². The first kappa shape index (κ1) is 13.2. The Balaban J connectivity index is 1.78. The number of phenolic OH excluding ortho intramolecular Hbond substituents is 1. The predicted octanol–water partition coefficient (Wildman–Crippen LogP) is 4.18. The van der Waals surface area contributed by atoms with Crippen LogP contribution in [0, 0.1) is 11.8 Å². The molecule has 2 N–H and O–H groups in total. The van der Waals surface area contributed by atoms with Gasteiger partial charge in [-0.25, -0.2) is 4.98 Å². The van der Waals surface area contributed by atoms with Crippen molar-refractivity contribution < 1.29 is 5.11 Å². The number of aromatic hydroxyl groups is 1. The standard InChI is InChI=1S/C17H22N2O/c1-12-4-2-3-5-14(12)11-19-17-16-10-15(20)7-6-13(16)8-9-18-17/h6-10,12,14,20H,2-5,11H2,1H3,(H,18,19). The number of nitrogens with one attached hydrogen (secondary N) is 1. The summed E-state index contributed by atoms with van der Waals surface area (Å²) in [6, 6.07) is 7.41. The Bertz CT molecular complexity index is 597. The summed E-state index contributed by atoms with van der Waals surface area (Å²) in [5.41, 5.74) is 0. The van der Waals surface area contributed by atoms with Crippen LogP contribution in [-0.2, 0) is 0 Å². The van der Waals surface area contributed by atoms with Crippen molar-refractivity contribution in [2.75, 3.05) is 11.9 Å². The molecule has 0 amide bonds. The summed E-state index contributed by atoms with van der Waals surface area (Å²) in [6.07, 6.45) is 7.20. The molecular formula is C17H22N2O. The van der Waals surface area contributed by atoms with Gasteiger partial charge in [-0.1, -0.05) is 32.3 Å². The molecule has 3 heteroatoms. The fraction of sp³-hybridized carbons (Fsp3) is 0.471. The van der Waals surface area contributed by atoms with Crippen molar-refractivity contribution in [3.05, 3.63) is 30.5 Å². The maximum Gasteiger partial charge on any atom is 0.133 e. The SMILES string of the molecule is CC1CCCCC1CNc1nccc2ccc(O)cc12. The van der Waals surface area contributed by atoms with Gasteiger partial charge in [-0.05, 0) is 41.8 Å². The molecule has 0 spiro atoms. The summed E-state index contributed by atoms with van der Waals surface area (Å²) in [7, 11) is 0. The van der Waals surface area contributed by atoms with E-state index < -0.39 is 0 Å². The van der Waals surface area contributed by atoms with Crippen molar-refractivity contribution in [2.24, 2.45) is 11.8 Å². The molecule has 2 aromatic rings. The molecule has 1 aromatic carbocycles. The van der Waals surface area contributed by atoms with Crippen LogP contribution >= 0.6 is 0 Å². The molecule has 0 saturated heterocycles. The van der Waals surface area contributed by atoms with Crippen LogP contribution in [0.4, 0.5) is 5.82 Å². The van der Waals surface area contributed by atoms with E-state index in [1.54, 1.807) is 12.1 Å². The van der Waals surface area contributed by atoms with Crippen molar-refractivity contribution in [3.63, 3.8) is 0 Å². The zero-order chi connectivity index (χ0) is 13.9. The normalized spacial score (nSPS) is 22.9. The quantitative estimate of drug-likeness (QED) is 0.879. The Labute approximate surface area is 120 Å². The van der Waals surface area contributed by atoms with Gasteiger partial charge >= 0.3 is 0 Å². The van der Waals surface area contributed by atoms with Crippen LogP contribution in [0.25, 0.3) is 10.8 Å². The third-order valence-corrected chi connectivity index (χ3v) is 4.57. The van der Waals surface area contributed by atoms with E-state index in [9.17, 15) is 5.11 Å². The Morgan fingerprint density at radius 1 is 1.25 bits per heavy atom. The molecular weight excluding hydrogens is 248 g/mol. The molecule has 1 fully saturated rings. The second-order valence-electron chi connectivity index (χ2n) is 5.97. The van der Waals surface area contributed by atoms with Gasteiger partial charge in [0.15, 0.2) is 0 Å². The minimum Gasteiger partial charge on any atom is -0.508 e. The average Bonchev–Trinajstić information content (AvgIpc) is 2.46. The highest BCUT2D eigenvalue weighted by Crippen LogP contribution is 2.31. The highest BCUT2D eigenvalue weighted by Gasteiger charge is 2.21. The lowest BCUT2D eigenvalue weighted by Crippen LogP contribution is -2.24. The number of fused-ring (bicyclic) bond motifs is 1. The van der Waals surface area contributed by atoms with Crippen molar-refractivity contribution >= 4 is 16.6 Å². The van der Waals surface area contributed by atoms with Gasteiger partial charge in [0.1, 0.15) is 11.6 Å². The van der Waals surface area contributed by atoms with Crippen LogP contribution in [0.3, 0.4) is 0 Å². The molecule has 0 radical (unpaired) electrons. The molecule has 1 aromatic heterocycles. The molecule has 3 rings (SSSR count). The Kier molecular flexibility index (Phi) is 3.77. The number of pyridine rings is 1. The van der Waals surface area contributed by atoms with Gasteiger partial charge in [0.05, 0.1) is 0 Å². The highest BCUT2D eigenvalue weighted by atomic mass is 16.3. The number of hydrogen-bond acceptors (Lipinski definition) is 3. The lowest BCUT2D eigenvalue weighted by molar-refractivity contribution is 0.268. The molecule has 1 heterocycles. The van der Waals surface area contributed by atoms with E-state index >= 15 is 0 Å². The summed E-state index contributed by atoms with van der Waals surface area (Å²) >= 11 is 0. The number of hydrogen-bond donors (Lipinski definition) is 2. The highest BCUT2D eigenvalue weighted by molar-refractivity contribution is 5.92. The maximum atomic E-state index is 9.66. The minimum atomic E-state index is 0.291. The predicted molar refractivity (Wildman–Crippen MR) is 83.0 cm³/mol.